The van der Waals surface area contributed by atoms with Gasteiger partial charge < -0.3 is 9.64 Å². The van der Waals surface area contributed by atoms with Crippen molar-refractivity contribution in [2.45, 2.75) is 0 Å². The van der Waals surface area contributed by atoms with Gasteiger partial charge in [-0.3, -0.25) is 4.79 Å². The molecule has 1 aromatic heterocycles. The third kappa shape index (κ3) is 4.16. The molecule has 0 radical (unpaired) electrons. The number of nitrogens with zero attached hydrogens (tertiary/aromatic N) is 2. The molecule has 1 aromatic carbocycles. The van der Waals surface area contributed by atoms with Crippen LogP contribution in [0.15, 0.2) is 42.5 Å². The molecule has 0 N–H and O–H groups in total. The summed E-state index contributed by atoms with van der Waals surface area (Å²) in [5, 5.41) is 0.261. The van der Waals surface area contributed by atoms with Gasteiger partial charge >= 0.3 is 0 Å². The molecular formula is C15H14ClFN2O2. The summed E-state index contributed by atoms with van der Waals surface area (Å²) in [6.07, 6.45) is 0. The number of carbonyl (C=O) groups excluding carboxylic acids is 1. The second-order valence-electron chi connectivity index (χ2n) is 4.35. The highest BCUT2D eigenvalue weighted by atomic mass is 35.5. The Kier molecular flexibility index (Phi) is 5.11. The van der Waals surface area contributed by atoms with E-state index < -0.39 is 5.82 Å². The van der Waals surface area contributed by atoms with Gasteiger partial charge in [-0.15, -0.1) is 0 Å². The van der Waals surface area contributed by atoms with E-state index in [0.717, 1.165) is 0 Å². The molecule has 1 heterocycles. The number of carbonyl (C=O) groups is 1. The summed E-state index contributed by atoms with van der Waals surface area (Å²) < 4.78 is 18.7. The molecule has 2 rings (SSSR count). The number of pyridine rings is 1. The van der Waals surface area contributed by atoms with E-state index in [-0.39, 0.29) is 29.1 Å². The molecule has 0 aliphatic heterocycles. The van der Waals surface area contributed by atoms with Crippen molar-refractivity contribution >= 4 is 17.5 Å². The summed E-state index contributed by atoms with van der Waals surface area (Å²) in [6, 6.07) is 11.0. The van der Waals surface area contributed by atoms with Crippen LogP contribution in [0.25, 0.3) is 0 Å². The molecule has 0 atom stereocenters. The number of rotatable bonds is 5. The second-order valence-corrected chi connectivity index (χ2v) is 4.74. The van der Waals surface area contributed by atoms with Crippen LogP contribution in [0.3, 0.4) is 0 Å². The highest BCUT2D eigenvalue weighted by Crippen LogP contribution is 2.15. The number of ether oxygens (including phenoxy) is 1. The predicted molar refractivity (Wildman–Crippen MR) is 78.1 cm³/mol. The van der Waals surface area contributed by atoms with Gasteiger partial charge in [0.2, 0.25) is 0 Å². The van der Waals surface area contributed by atoms with E-state index in [1.54, 1.807) is 37.4 Å². The number of halogens is 2. The summed E-state index contributed by atoms with van der Waals surface area (Å²) in [5.41, 5.74) is 0.260. The lowest BCUT2D eigenvalue weighted by molar-refractivity contribution is 0.0767. The first-order valence-corrected chi connectivity index (χ1v) is 6.71. The molecule has 0 unspecified atom stereocenters. The highest BCUT2D eigenvalue weighted by Gasteiger charge is 2.13. The lowest BCUT2D eigenvalue weighted by atomic mass is 10.3. The number of amides is 1. The zero-order valence-electron chi connectivity index (χ0n) is 11.4. The lowest BCUT2D eigenvalue weighted by Crippen LogP contribution is -2.31. The largest absolute Gasteiger partial charge is 0.489 e. The number of hydrogen-bond donors (Lipinski definition) is 0. The zero-order valence-corrected chi connectivity index (χ0v) is 12.2. The summed E-state index contributed by atoms with van der Waals surface area (Å²) in [6.45, 7) is 0.491. The molecule has 21 heavy (non-hydrogen) atoms. The van der Waals surface area contributed by atoms with Gasteiger partial charge in [0, 0.05) is 7.05 Å². The van der Waals surface area contributed by atoms with Crippen LogP contribution in [0.5, 0.6) is 5.75 Å². The Morgan fingerprint density at radius 3 is 2.76 bits per heavy atom. The van der Waals surface area contributed by atoms with Crippen molar-refractivity contribution in [1.29, 1.82) is 0 Å². The number of aromatic nitrogens is 1. The van der Waals surface area contributed by atoms with Crippen LogP contribution >= 0.6 is 11.6 Å². The molecule has 6 heteroatoms. The summed E-state index contributed by atoms with van der Waals surface area (Å²) >= 11 is 5.75. The van der Waals surface area contributed by atoms with Crippen LogP contribution in [0.2, 0.25) is 5.15 Å². The molecule has 110 valence electrons. The van der Waals surface area contributed by atoms with Crippen molar-refractivity contribution in [3.8, 4) is 5.75 Å². The van der Waals surface area contributed by atoms with Crippen LogP contribution in [0.1, 0.15) is 10.5 Å². The van der Waals surface area contributed by atoms with E-state index in [2.05, 4.69) is 4.98 Å². The van der Waals surface area contributed by atoms with Gasteiger partial charge in [0.25, 0.3) is 5.91 Å². The fraction of sp³-hybridized carbons (Fsp3) is 0.200. The van der Waals surface area contributed by atoms with E-state index in [9.17, 15) is 9.18 Å². The van der Waals surface area contributed by atoms with Gasteiger partial charge in [0.05, 0.1) is 6.54 Å². The Balaban J connectivity index is 1.89. The first kappa shape index (κ1) is 15.3. The smallest absolute Gasteiger partial charge is 0.272 e. The molecule has 2 aromatic rings. The fourth-order valence-corrected chi connectivity index (χ4v) is 1.84. The third-order valence-corrected chi connectivity index (χ3v) is 3.01. The normalized spacial score (nSPS) is 10.2. The Hall–Kier alpha value is -2.14. The van der Waals surface area contributed by atoms with Crippen LogP contribution in [0, 0.1) is 5.82 Å². The first-order valence-electron chi connectivity index (χ1n) is 6.33. The van der Waals surface area contributed by atoms with Crippen LogP contribution in [-0.2, 0) is 0 Å². The minimum Gasteiger partial charge on any atom is -0.489 e. The van der Waals surface area contributed by atoms with Crippen molar-refractivity contribution in [2.24, 2.45) is 0 Å². The average Bonchev–Trinajstić information content (AvgIpc) is 2.48. The molecule has 0 aliphatic rings. The predicted octanol–water partition coefficient (Wildman–Crippen LogP) is 3.03. The molecule has 0 saturated carbocycles. The summed E-state index contributed by atoms with van der Waals surface area (Å²) in [5.74, 6) is -0.531. The molecule has 0 fully saturated rings. The third-order valence-electron chi connectivity index (χ3n) is 2.80. The van der Waals surface area contributed by atoms with E-state index in [4.69, 9.17) is 16.3 Å². The Labute approximate surface area is 127 Å². The lowest BCUT2D eigenvalue weighted by Gasteiger charge is -2.17. The van der Waals surface area contributed by atoms with Crippen LogP contribution in [0.4, 0.5) is 4.39 Å². The maximum absolute atomic E-state index is 13.4. The van der Waals surface area contributed by atoms with Crippen molar-refractivity contribution in [3.63, 3.8) is 0 Å². The Bertz CT molecular complexity index is 637. The monoisotopic (exact) mass is 308 g/mol. The first-order chi connectivity index (χ1) is 10.1. The fourth-order valence-electron chi connectivity index (χ4n) is 1.68. The van der Waals surface area contributed by atoms with Crippen molar-refractivity contribution < 1.29 is 13.9 Å². The molecule has 0 spiro atoms. The quantitative estimate of drug-likeness (QED) is 0.797. The average molecular weight is 309 g/mol. The molecule has 1 amide bonds. The second kappa shape index (κ2) is 7.04. The van der Waals surface area contributed by atoms with E-state index in [0.29, 0.717) is 6.54 Å². The molecule has 0 saturated heterocycles. The van der Waals surface area contributed by atoms with E-state index in [1.165, 1.54) is 17.0 Å². The number of hydrogen-bond acceptors (Lipinski definition) is 3. The van der Waals surface area contributed by atoms with Gasteiger partial charge in [0.15, 0.2) is 11.6 Å². The Morgan fingerprint density at radius 2 is 2.05 bits per heavy atom. The topological polar surface area (TPSA) is 42.4 Å². The van der Waals surface area contributed by atoms with E-state index >= 15 is 0 Å². The minimum atomic E-state index is -0.428. The number of likely N-dealkylation sites (N-methyl/N-ethyl adjacent to an activating group) is 1. The SMILES string of the molecule is CN(CCOc1ccccc1F)C(=O)c1cccc(Cl)n1. The maximum Gasteiger partial charge on any atom is 0.272 e. The van der Waals surface area contributed by atoms with Crippen molar-refractivity contribution in [3.05, 3.63) is 59.1 Å². The molecular weight excluding hydrogens is 295 g/mol. The zero-order chi connectivity index (χ0) is 15.2. The van der Waals surface area contributed by atoms with Crippen LogP contribution < -0.4 is 4.74 Å². The summed E-state index contributed by atoms with van der Waals surface area (Å²) in [4.78, 5) is 17.5. The summed E-state index contributed by atoms with van der Waals surface area (Å²) in [7, 11) is 1.62. The van der Waals surface area contributed by atoms with Crippen molar-refractivity contribution in [1.82, 2.24) is 9.88 Å². The highest BCUT2D eigenvalue weighted by molar-refractivity contribution is 6.29. The van der Waals surface area contributed by atoms with Gasteiger partial charge in [-0.05, 0) is 24.3 Å². The molecule has 0 aliphatic carbocycles. The number of benzene rings is 1. The van der Waals surface area contributed by atoms with E-state index in [1.807, 2.05) is 0 Å². The molecule has 0 bridgehead atoms. The maximum atomic E-state index is 13.4. The van der Waals surface area contributed by atoms with Gasteiger partial charge in [-0.25, -0.2) is 9.37 Å². The molecule has 4 nitrogen and oxygen atoms in total. The Morgan fingerprint density at radius 1 is 1.29 bits per heavy atom. The van der Waals surface area contributed by atoms with Gasteiger partial charge in [0.1, 0.15) is 17.5 Å². The van der Waals surface area contributed by atoms with Gasteiger partial charge in [-0.2, -0.15) is 0 Å². The van der Waals surface area contributed by atoms with Crippen LogP contribution in [-0.4, -0.2) is 36.0 Å². The standard InChI is InChI=1S/C15H14ClFN2O2/c1-19(15(20)12-6-4-8-14(16)18-12)9-10-21-13-7-3-2-5-11(13)17/h2-8H,9-10H2,1H3. The minimum absolute atomic E-state index is 0.166. The van der Waals surface area contributed by atoms with Crippen molar-refractivity contribution in [2.75, 3.05) is 20.2 Å². The van der Waals surface area contributed by atoms with Gasteiger partial charge in [-0.1, -0.05) is 29.8 Å². The number of para-hydroxylation sites is 1.